The van der Waals surface area contributed by atoms with Crippen LogP contribution in [-0.4, -0.2) is 46.9 Å². The van der Waals surface area contributed by atoms with Crippen molar-refractivity contribution >= 4 is 28.7 Å². The van der Waals surface area contributed by atoms with E-state index in [0.29, 0.717) is 30.7 Å². The fourth-order valence-corrected chi connectivity index (χ4v) is 3.82. The lowest BCUT2D eigenvalue weighted by Gasteiger charge is -2.30. The number of aromatic nitrogens is 1. The molecule has 1 fully saturated rings. The molecule has 2 aromatic rings. The monoisotopic (exact) mass is 326 g/mol. The third kappa shape index (κ3) is 2.06. The number of piperidine rings is 1. The van der Waals surface area contributed by atoms with E-state index in [1.807, 2.05) is 24.3 Å². The number of carbonyl (C=O) groups excluding carboxylic acids is 3. The molecule has 6 heteroatoms. The van der Waals surface area contributed by atoms with Crippen LogP contribution in [0.15, 0.2) is 24.3 Å². The van der Waals surface area contributed by atoms with Gasteiger partial charge in [-0.15, -0.1) is 0 Å². The Morgan fingerprint density at radius 1 is 1.29 bits per heavy atom. The fourth-order valence-electron chi connectivity index (χ4n) is 3.82. The maximum atomic E-state index is 12.6. The van der Waals surface area contributed by atoms with Gasteiger partial charge >= 0.3 is 6.09 Å². The van der Waals surface area contributed by atoms with Gasteiger partial charge in [-0.2, -0.15) is 0 Å². The van der Waals surface area contributed by atoms with Crippen LogP contribution in [0.25, 0.3) is 10.9 Å². The molecule has 1 atom stereocenters. The van der Waals surface area contributed by atoms with E-state index >= 15 is 0 Å². The summed E-state index contributed by atoms with van der Waals surface area (Å²) in [4.78, 5) is 39.4. The summed E-state index contributed by atoms with van der Waals surface area (Å²) in [5, 5.41) is 0.843. The van der Waals surface area contributed by atoms with Gasteiger partial charge in [0, 0.05) is 30.6 Å². The minimum Gasteiger partial charge on any atom is -0.449 e. The lowest BCUT2D eigenvalue weighted by molar-refractivity contribution is -0.134. The average Bonchev–Trinajstić information content (AvgIpc) is 2.84. The molecule has 1 amide bonds. The predicted octanol–water partition coefficient (Wildman–Crippen LogP) is 2.09. The lowest BCUT2D eigenvalue weighted by atomic mass is 9.92. The average molecular weight is 326 g/mol. The van der Waals surface area contributed by atoms with E-state index in [4.69, 9.17) is 4.74 Å². The molecule has 1 aromatic heterocycles. The highest BCUT2D eigenvalue weighted by atomic mass is 16.5. The maximum Gasteiger partial charge on any atom is 0.418 e. The van der Waals surface area contributed by atoms with E-state index in [2.05, 4.69) is 0 Å². The second kappa shape index (κ2) is 5.47. The van der Waals surface area contributed by atoms with Gasteiger partial charge in [0.2, 0.25) is 5.91 Å². The molecule has 1 saturated heterocycles. The van der Waals surface area contributed by atoms with Crippen molar-refractivity contribution < 1.29 is 19.1 Å². The highest BCUT2D eigenvalue weighted by Crippen LogP contribution is 2.37. The molecule has 1 aromatic carbocycles. The van der Waals surface area contributed by atoms with Crippen LogP contribution in [0.1, 0.15) is 30.5 Å². The van der Waals surface area contributed by atoms with E-state index in [1.54, 1.807) is 11.8 Å². The molecular formula is C18H18N2O4. The molecule has 6 nitrogen and oxygen atoms in total. The summed E-state index contributed by atoms with van der Waals surface area (Å²) in [7, 11) is 0. The molecule has 0 saturated carbocycles. The van der Waals surface area contributed by atoms with E-state index in [-0.39, 0.29) is 24.7 Å². The van der Waals surface area contributed by atoms with Crippen molar-refractivity contribution in [3.63, 3.8) is 0 Å². The molecule has 2 aliphatic heterocycles. The van der Waals surface area contributed by atoms with Gasteiger partial charge in [-0.25, -0.2) is 9.36 Å². The number of para-hydroxylation sites is 1. The SMILES string of the molecule is CCOC(=O)n1c2c(c3ccccc31)CC(=O)N1CCC(=O)[C@H]2C1. The largest absolute Gasteiger partial charge is 0.449 e. The summed E-state index contributed by atoms with van der Waals surface area (Å²) in [6, 6.07) is 7.44. The zero-order valence-corrected chi connectivity index (χ0v) is 13.4. The number of rotatable bonds is 1. The van der Waals surface area contributed by atoms with E-state index in [1.165, 1.54) is 4.57 Å². The summed E-state index contributed by atoms with van der Waals surface area (Å²) in [6.07, 6.45) is 0.0564. The quantitative estimate of drug-likeness (QED) is 0.805. The number of ketones is 1. The molecule has 24 heavy (non-hydrogen) atoms. The number of benzene rings is 1. The Bertz CT molecular complexity index is 867. The Morgan fingerprint density at radius 3 is 2.88 bits per heavy atom. The summed E-state index contributed by atoms with van der Waals surface area (Å²) in [5.74, 6) is -0.370. The van der Waals surface area contributed by atoms with Crippen LogP contribution in [-0.2, 0) is 20.7 Å². The van der Waals surface area contributed by atoms with Crippen LogP contribution < -0.4 is 0 Å². The number of hydrogen-bond donors (Lipinski definition) is 0. The molecule has 0 radical (unpaired) electrons. The maximum absolute atomic E-state index is 12.6. The zero-order chi connectivity index (χ0) is 16.8. The molecule has 2 aliphatic rings. The molecule has 0 spiro atoms. The van der Waals surface area contributed by atoms with Gasteiger partial charge in [0.25, 0.3) is 0 Å². The van der Waals surface area contributed by atoms with E-state index in [9.17, 15) is 14.4 Å². The molecular weight excluding hydrogens is 308 g/mol. The first-order valence-corrected chi connectivity index (χ1v) is 8.21. The molecule has 2 bridgehead atoms. The Morgan fingerprint density at radius 2 is 2.08 bits per heavy atom. The summed E-state index contributed by atoms with van der Waals surface area (Å²) < 4.78 is 6.71. The molecule has 0 N–H and O–H groups in total. The topological polar surface area (TPSA) is 68.6 Å². The number of Topliss-reactive ketones (excluding diaryl/α,β-unsaturated/α-hetero) is 1. The molecule has 0 aliphatic carbocycles. The van der Waals surface area contributed by atoms with Gasteiger partial charge in [-0.1, -0.05) is 18.2 Å². The van der Waals surface area contributed by atoms with Crippen molar-refractivity contribution in [2.75, 3.05) is 19.7 Å². The first-order chi connectivity index (χ1) is 11.6. The molecule has 124 valence electrons. The predicted molar refractivity (Wildman–Crippen MR) is 87.0 cm³/mol. The normalized spacial score (nSPS) is 20.0. The number of ether oxygens (including phenoxy) is 1. The van der Waals surface area contributed by atoms with Crippen molar-refractivity contribution in [3.05, 3.63) is 35.5 Å². The minimum absolute atomic E-state index is 0.0120. The number of fused-ring (bicyclic) bond motifs is 6. The highest BCUT2D eigenvalue weighted by Gasteiger charge is 2.40. The summed E-state index contributed by atoms with van der Waals surface area (Å²) in [6.45, 7) is 2.82. The smallest absolute Gasteiger partial charge is 0.418 e. The van der Waals surface area contributed by atoms with Gasteiger partial charge in [-0.3, -0.25) is 9.59 Å². The molecule has 0 unspecified atom stereocenters. The highest BCUT2D eigenvalue weighted by molar-refractivity contribution is 6.01. The van der Waals surface area contributed by atoms with E-state index < -0.39 is 12.0 Å². The number of nitrogens with zero attached hydrogens (tertiary/aromatic N) is 2. The standard InChI is InChI=1S/C18H18N2O4/c1-2-24-18(23)20-14-6-4-3-5-11(14)12-9-16(22)19-8-7-15(21)13(10-19)17(12)20/h3-6,13H,2,7-10H2,1H3/t13-/m1/s1. The Labute approximate surface area is 139 Å². The third-order valence-electron chi connectivity index (χ3n) is 4.90. The van der Waals surface area contributed by atoms with Crippen molar-refractivity contribution in [3.8, 4) is 0 Å². The second-order valence-corrected chi connectivity index (χ2v) is 6.20. The van der Waals surface area contributed by atoms with Crippen LogP contribution in [0.3, 0.4) is 0 Å². The Kier molecular flexibility index (Phi) is 3.40. The Hall–Kier alpha value is -2.63. The van der Waals surface area contributed by atoms with Gasteiger partial charge in [0.15, 0.2) is 0 Å². The number of carbonyl (C=O) groups is 3. The summed E-state index contributed by atoms with van der Waals surface area (Å²) >= 11 is 0. The zero-order valence-electron chi connectivity index (χ0n) is 13.4. The van der Waals surface area contributed by atoms with Crippen LogP contribution in [0, 0.1) is 0 Å². The first-order valence-electron chi connectivity index (χ1n) is 8.21. The van der Waals surface area contributed by atoms with Gasteiger partial charge in [-0.05, 0) is 18.6 Å². The molecule has 3 heterocycles. The van der Waals surface area contributed by atoms with Crippen molar-refractivity contribution in [1.29, 1.82) is 0 Å². The van der Waals surface area contributed by atoms with E-state index in [0.717, 1.165) is 10.9 Å². The van der Waals surface area contributed by atoms with Crippen LogP contribution in [0.2, 0.25) is 0 Å². The van der Waals surface area contributed by atoms with Gasteiger partial charge < -0.3 is 9.64 Å². The summed E-state index contributed by atoms with van der Waals surface area (Å²) in [5.41, 5.74) is 2.11. The minimum atomic E-state index is -0.491. The number of amides is 1. The molecule has 4 rings (SSSR count). The Balaban J connectivity index is 2.02. The van der Waals surface area contributed by atoms with Crippen LogP contribution in [0.4, 0.5) is 4.79 Å². The first kappa shape index (κ1) is 14.9. The van der Waals surface area contributed by atoms with Crippen LogP contribution >= 0.6 is 0 Å². The van der Waals surface area contributed by atoms with Crippen molar-refractivity contribution in [1.82, 2.24) is 9.47 Å². The van der Waals surface area contributed by atoms with Gasteiger partial charge in [0.05, 0.1) is 24.5 Å². The van der Waals surface area contributed by atoms with Crippen molar-refractivity contribution in [2.24, 2.45) is 0 Å². The third-order valence-corrected chi connectivity index (χ3v) is 4.90. The second-order valence-electron chi connectivity index (χ2n) is 6.20. The van der Waals surface area contributed by atoms with Crippen LogP contribution in [0.5, 0.6) is 0 Å². The fraction of sp³-hybridized carbons (Fsp3) is 0.389. The van der Waals surface area contributed by atoms with Gasteiger partial charge in [0.1, 0.15) is 5.78 Å². The number of hydrogen-bond acceptors (Lipinski definition) is 4. The lowest BCUT2D eigenvalue weighted by Crippen LogP contribution is -2.42. The van der Waals surface area contributed by atoms with Crippen molar-refractivity contribution in [2.45, 2.75) is 25.7 Å².